The molecule has 1 aliphatic carbocycles. The van der Waals surface area contributed by atoms with Crippen molar-refractivity contribution in [1.82, 2.24) is 25.6 Å². The van der Waals surface area contributed by atoms with E-state index in [-0.39, 0.29) is 30.4 Å². The molecule has 5 rings (SSSR count). The lowest BCUT2D eigenvalue weighted by Crippen LogP contribution is -2.44. The van der Waals surface area contributed by atoms with Crippen molar-refractivity contribution in [2.45, 2.75) is 55.7 Å². The highest BCUT2D eigenvalue weighted by molar-refractivity contribution is 6.39. The summed E-state index contributed by atoms with van der Waals surface area (Å²) in [6.45, 7) is 1.66. The largest absolute Gasteiger partial charge is 0.467 e. The molecular weight excluding hydrogens is 804 g/mol. The number of methoxy groups -OCH3 is 1. The first-order valence-electron chi connectivity index (χ1n) is 17.6. The third-order valence-corrected chi connectivity index (χ3v) is 8.57. The molecule has 0 bridgehead atoms. The Labute approximate surface area is 341 Å². The van der Waals surface area contributed by atoms with Crippen LogP contribution in [0.4, 0.5) is 36.4 Å². The monoisotopic (exact) mass is 840 g/mol. The number of ether oxygens (including phenoxy) is 2. The number of hydrogen-bond donors (Lipinski definition) is 5. The Kier molecular flexibility index (Phi) is 13.7. The first kappa shape index (κ1) is 43.0. The molecule has 1 aromatic heterocycles. The molecule has 4 aromatic rings. The maximum Gasteiger partial charge on any atom is 0.422 e. The van der Waals surface area contributed by atoms with E-state index in [1.165, 1.54) is 24.3 Å². The number of carbonyl (C=O) groups is 4. The number of aromatic nitrogens is 3. The number of halogens is 5. The van der Waals surface area contributed by atoms with Crippen molar-refractivity contribution in [1.29, 1.82) is 0 Å². The van der Waals surface area contributed by atoms with Gasteiger partial charge >= 0.3 is 30.0 Å². The predicted molar refractivity (Wildman–Crippen MR) is 210 cm³/mol. The van der Waals surface area contributed by atoms with Crippen LogP contribution < -0.4 is 31.3 Å². The number of benzene rings is 3. The Morgan fingerprint density at radius 2 is 1.60 bits per heavy atom. The fourth-order valence-corrected chi connectivity index (χ4v) is 5.41. The Bertz CT molecular complexity index is 2200. The van der Waals surface area contributed by atoms with Gasteiger partial charge in [0, 0.05) is 34.1 Å². The van der Waals surface area contributed by atoms with Crippen LogP contribution in [0.15, 0.2) is 72.8 Å². The number of nitrogens with zero attached hydrogens (tertiary/aromatic N) is 3. The van der Waals surface area contributed by atoms with Gasteiger partial charge in [-0.2, -0.15) is 28.1 Å². The molecule has 0 unspecified atom stereocenters. The second kappa shape index (κ2) is 18.4. The van der Waals surface area contributed by atoms with Gasteiger partial charge in [0.25, 0.3) is 5.91 Å². The molecule has 5 N–H and O–H groups in total. The Balaban J connectivity index is 1.19. The van der Waals surface area contributed by atoms with E-state index in [0.717, 1.165) is 12.7 Å². The van der Waals surface area contributed by atoms with E-state index in [4.69, 9.17) is 32.7 Å². The van der Waals surface area contributed by atoms with E-state index in [1.54, 1.807) is 50.2 Å². The summed E-state index contributed by atoms with van der Waals surface area (Å²) in [7, 11) is 1.13. The molecule has 0 spiro atoms. The second-order valence-corrected chi connectivity index (χ2v) is 14.8. The van der Waals surface area contributed by atoms with Crippen LogP contribution in [0.1, 0.15) is 54.6 Å². The topological polar surface area (TPSA) is 186 Å². The number of nitrogens with one attached hydrogen (secondary N) is 5. The minimum Gasteiger partial charge on any atom is -0.467 e. The van der Waals surface area contributed by atoms with Gasteiger partial charge in [-0.25, -0.2) is 4.79 Å². The van der Waals surface area contributed by atoms with Gasteiger partial charge in [-0.15, -0.1) is 11.6 Å². The molecule has 1 atom stereocenters. The van der Waals surface area contributed by atoms with Gasteiger partial charge < -0.3 is 36.1 Å². The molecule has 1 aliphatic rings. The first-order valence-corrected chi connectivity index (χ1v) is 18.3. The number of alkyl halides is 4. The highest BCUT2D eigenvalue weighted by Crippen LogP contribution is 2.48. The molecule has 58 heavy (non-hydrogen) atoms. The van der Waals surface area contributed by atoms with E-state index in [2.05, 4.69) is 53.4 Å². The third-order valence-electron chi connectivity index (χ3n) is 8.22. The van der Waals surface area contributed by atoms with Crippen molar-refractivity contribution < 1.29 is 41.8 Å². The zero-order chi connectivity index (χ0) is 42.1. The minimum atomic E-state index is -4.64. The average Bonchev–Trinajstić information content (AvgIpc) is 3.95. The fourth-order valence-electron chi connectivity index (χ4n) is 5.23. The molecule has 3 aromatic carbocycles. The second-order valence-electron chi connectivity index (χ2n) is 13.4. The molecule has 0 saturated heterocycles. The summed E-state index contributed by atoms with van der Waals surface area (Å²) < 4.78 is 48.6. The van der Waals surface area contributed by atoms with Gasteiger partial charge in [0.1, 0.15) is 6.04 Å². The smallest absolute Gasteiger partial charge is 0.422 e. The Morgan fingerprint density at radius 3 is 2.24 bits per heavy atom. The molecule has 304 valence electrons. The first-order chi connectivity index (χ1) is 27.4. The van der Waals surface area contributed by atoms with Gasteiger partial charge in [0.05, 0.1) is 17.5 Å². The summed E-state index contributed by atoms with van der Waals surface area (Å²) in [5.41, 5.74) is 1.69. The van der Waals surface area contributed by atoms with Gasteiger partial charge in [0.15, 0.2) is 6.61 Å². The van der Waals surface area contributed by atoms with Crippen LogP contribution in [0, 0.1) is 11.8 Å². The van der Waals surface area contributed by atoms with Crippen LogP contribution in [0.3, 0.4) is 0 Å². The molecule has 3 amide bonds. The maximum atomic E-state index is 13.1. The number of esters is 1. The lowest BCUT2D eigenvalue weighted by atomic mass is 10.1. The summed E-state index contributed by atoms with van der Waals surface area (Å²) in [5, 5.41) is 14.0. The number of rotatable bonds is 14. The van der Waals surface area contributed by atoms with Crippen LogP contribution in [0.5, 0.6) is 6.01 Å². The normalized spacial score (nSPS) is 13.4. The third kappa shape index (κ3) is 13.0. The number of amides is 3. The van der Waals surface area contributed by atoms with Crippen LogP contribution in [-0.4, -0.2) is 76.0 Å². The number of carbonyl (C=O) groups excluding carboxylic acids is 4. The predicted octanol–water partition coefficient (Wildman–Crippen LogP) is 6.10. The molecule has 1 heterocycles. The van der Waals surface area contributed by atoms with Crippen molar-refractivity contribution in [2.24, 2.45) is 0 Å². The lowest BCUT2D eigenvalue weighted by Gasteiger charge is -2.19. The van der Waals surface area contributed by atoms with Crippen molar-refractivity contribution >= 4 is 70.2 Å². The number of anilines is 4. The van der Waals surface area contributed by atoms with Crippen LogP contribution in [0.25, 0.3) is 0 Å². The molecule has 19 heteroatoms. The molecule has 0 aliphatic heterocycles. The Morgan fingerprint density at radius 1 is 0.914 bits per heavy atom. The zero-order valence-corrected chi connectivity index (χ0v) is 32.7. The SMILES string of the molecule is COC(=O)[C@H](CCNC(=O)C(=O)Nc1cccc(C#CC(C)(C)Cl)c1)NC(=O)c1ccc(Nc2nc(NC3(c4ccc(Cl)cc4)CC3)nc(OCC(F)(F)F)n2)cc1. The molecule has 1 saturated carbocycles. The van der Waals surface area contributed by atoms with Crippen LogP contribution in [0.2, 0.25) is 5.02 Å². The van der Waals surface area contributed by atoms with Gasteiger partial charge in [-0.3, -0.25) is 14.4 Å². The highest BCUT2D eigenvalue weighted by atomic mass is 35.5. The maximum absolute atomic E-state index is 13.1. The van der Waals surface area contributed by atoms with E-state index in [0.29, 0.717) is 34.8 Å². The minimum absolute atomic E-state index is 0.0352. The van der Waals surface area contributed by atoms with E-state index >= 15 is 0 Å². The molecule has 14 nitrogen and oxygen atoms in total. The number of hydrogen-bond acceptors (Lipinski definition) is 11. The summed E-state index contributed by atoms with van der Waals surface area (Å²) in [5.74, 6) is 2.17. The van der Waals surface area contributed by atoms with E-state index < -0.39 is 58.9 Å². The summed E-state index contributed by atoms with van der Waals surface area (Å²) in [6.07, 6.45) is -3.36. The fraction of sp³-hybridized carbons (Fsp3) is 0.308. The quantitative estimate of drug-likeness (QED) is 0.0428. The van der Waals surface area contributed by atoms with Gasteiger partial charge in [-0.1, -0.05) is 41.6 Å². The lowest BCUT2D eigenvalue weighted by molar-refractivity contribution is -0.154. The van der Waals surface area contributed by atoms with Crippen LogP contribution >= 0.6 is 23.2 Å². The zero-order valence-electron chi connectivity index (χ0n) is 31.2. The van der Waals surface area contributed by atoms with E-state index in [1.807, 2.05) is 12.1 Å². The highest BCUT2D eigenvalue weighted by Gasteiger charge is 2.45. The van der Waals surface area contributed by atoms with Crippen molar-refractivity contribution in [3.8, 4) is 17.9 Å². The summed E-state index contributed by atoms with van der Waals surface area (Å²) in [4.78, 5) is 62.3. The molecular formula is C39H37Cl2F3N8O6. The van der Waals surface area contributed by atoms with Crippen molar-refractivity contribution in [3.05, 3.63) is 94.5 Å². The van der Waals surface area contributed by atoms with Crippen LogP contribution in [-0.2, 0) is 24.7 Å². The Hall–Kier alpha value is -6.12. The summed E-state index contributed by atoms with van der Waals surface area (Å²) >= 11 is 12.1. The van der Waals surface area contributed by atoms with E-state index in [9.17, 15) is 32.3 Å². The van der Waals surface area contributed by atoms with Crippen molar-refractivity contribution in [2.75, 3.05) is 36.2 Å². The molecule has 0 radical (unpaired) electrons. The molecule has 1 fully saturated rings. The van der Waals surface area contributed by atoms with Crippen molar-refractivity contribution in [3.63, 3.8) is 0 Å². The summed E-state index contributed by atoms with van der Waals surface area (Å²) in [6, 6.07) is 17.6. The van der Waals surface area contributed by atoms with Gasteiger partial charge in [-0.05, 0) is 93.3 Å². The standard InChI is InChI=1S/C39H37Cl2F3N8O6/c1-37(2,41)17-15-23-5-4-6-28(21-23)46-32(55)31(54)45-20-16-29(33(56)57-3)48-30(53)24-7-13-27(14-8-24)47-34-49-35(51-36(50-34)58-22-39(42,43)44)52-38(18-19-38)25-9-11-26(40)12-10-25/h4-14,21,29H,16,18-20,22H2,1-3H3,(H,45,54)(H,46,55)(H,48,53)(H2,47,49,50,51,52)/t29-/m0/s1. The van der Waals surface area contributed by atoms with Gasteiger partial charge in [0.2, 0.25) is 11.9 Å². The average molecular weight is 842 g/mol.